The highest BCUT2D eigenvalue weighted by molar-refractivity contribution is 6.14. The third-order valence-corrected chi connectivity index (χ3v) is 2.77. The zero-order valence-corrected chi connectivity index (χ0v) is 10.4. The van der Waals surface area contributed by atoms with Crippen LogP contribution in [0.5, 0.6) is 0 Å². The largest absolute Gasteiger partial charge is 0.329 e. The molecule has 2 heterocycles. The molecular weight excluding hydrogens is 210 g/mol. The highest BCUT2D eigenvalue weighted by Crippen LogP contribution is 2.23. The first-order valence-corrected chi connectivity index (χ1v) is 5.82. The Kier molecular flexibility index (Phi) is 3.09. The van der Waals surface area contributed by atoms with Crippen LogP contribution < -0.4 is 0 Å². The normalized spacial score (nSPS) is 11.8. The molecule has 2 aromatic heterocycles. The maximum Gasteiger partial charge on any atom is 0.140 e. The van der Waals surface area contributed by atoms with E-state index in [0.717, 1.165) is 16.6 Å². The minimum atomic E-state index is 0.347. The van der Waals surface area contributed by atoms with Crippen molar-refractivity contribution in [1.82, 2.24) is 9.55 Å². The van der Waals surface area contributed by atoms with Gasteiger partial charge < -0.3 is 9.98 Å². The van der Waals surface area contributed by atoms with Crippen molar-refractivity contribution in [3.63, 3.8) is 0 Å². The van der Waals surface area contributed by atoms with Gasteiger partial charge in [0.2, 0.25) is 0 Å². The van der Waals surface area contributed by atoms with Gasteiger partial charge in [-0.1, -0.05) is 6.08 Å². The van der Waals surface area contributed by atoms with Crippen molar-refractivity contribution < 1.29 is 0 Å². The molecule has 0 aliphatic rings. The molecule has 0 bridgehead atoms. The van der Waals surface area contributed by atoms with Gasteiger partial charge in [-0.3, -0.25) is 0 Å². The minimum absolute atomic E-state index is 0.347. The van der Waals surface area contributed by atoms with Crippen LogP contribution in [0.3, 0.4) is 0 Å². The summed E-state index contributed by atoms with van der Waals surface area (Å²) in [5.74, 6) is 0. The Morgan fingerprint density at radius 1 is 1.47 bits per heavy atom. The van der Waals surface area contributed by atoms with Crippen LogP contribution in [0.2, 0.25) is 0 Å². The Balaban J connectivity index is 2.68. The second-order valence-corrected chi connectivity index (χ2v) is 4.33. The average molecular weight is 227 g/mol. The molecule has 0 spiro atoms. The number of nitrogens with zero attached hydrogens (tertiary/aromatic N) is 2. The summed E-state index contributed by atoms with van der Waals surface area (Å²) in [5.41, 5.74) is 2.43. The number of fused-ring (bicyclic) bond motifs is 1. The summed E-state index contributed by atoms with van der Waals surface area (Å²) >= 11 is 0. The summed E-state index contributed by atoms with van der Waals surface area (Å²) in [6.45, 7) is 6.17. The second kappa shape index (κ2) is 4.53. The van der Waals surface area contributed by atoms with Crippen LogP contribution in [0.25, 0.3) is 11.0 Å². The summed E-state index contributed by atoms with van der Waals surface area (Å²) in [5, 5.41) is 9.08. The van der Waals surface area contributed by atoms with Crippen LogP contribution in [0.4, 0.5) is 0 Å². The first-order chi connectivity index (χ1) is 8.15. The summed E-state index contributed by atoms with van der Waals surface area (Å²) in [6, 6.07) is 4.29. The first-order valence-electron chi connectivity index (χ1n) is 5.82. The number of aromatic nitrogens is 2. The van der Waals surface area contributed by atoms with Gasteiger partial charge in [0.05, 0.1) is 5.71 Å². The molecule has 3 heteroatoms. The fourth-order valence-corrected chi connectivity index (χ4v) is 1.95. The number of hydrogen-bond acceptors (Lipinski definition) is 2. The quantitative estimate of drug-likeness (QED) is 0.800. The second-order valence-electron chi connectivity index (χ2n) is 4.33. The molecule has 0 radical (unpaired) electrons. The zero-order valence-electron chi connectivity index (χ0n) is 10.4. The van der Waals surface area contributed by atoms with E-state index in [1.54, 1.807) is 6.20 Å². The summed E-state index contributed by atoms with van der Waals surface area (Å²) in [4.78, 5) is 4.41. The molecule has 0 aromatic carbocycles. The minimum Gasteiger partial charge on any atom is -0.329 e. The lowest BCUT2D eigenvalue weighted by molar-refractivity contribution is 0.618. The van der Waals surface area contributed by atoms with E-state index in [4.69, 9.17) is 5.41 Å². The topological polar surface area (TPSA) is 41.7 Å². The molecular formula is C14H17N3. The molecule has 2 aromatic rings. The Hall–Kier alpha value is -1.90. The Labute approximate surface area is 101 Å². The smallest absolute Gasteiger partial charge is 0.140 e. The van der Waals surface area contributed by atoms with E-state index in [2.05, 4.69) is 23.4 Å². The van der Waals surface area contributed by atoms with Crippen molar-refractivity contribution in [1.29, 1.82) is 5.41 Å². The first kappa shape index (κ1) is 11.6. The Bertz CT molecular complexity index is 576. The van der Waals surface area contributed by atoms with Crippen molar-refractivity contribution in [2.75, 3.05) is 0 Å². The van der Waals surface area contributed by atoms with E-state index in [0.29, 0.717) is 11.8 Å². The lowest BCUT2D eigenvalue weighted by Crippen LogP contribution is -1.99. The fourth-order valence-electron chi connectivity index (χ4n) is 1.95. The molecule has 0 saturated heterocycles. The lowest BCUT2D eigenvalue weighted by atomic mass is 10.1. The molecule has 0 aliphatic heterocycles. The van der Waals surface area contributed by atoms with Gasteiger partial charge >= 0.3 is 0 Å². The monoisotopic (exact) mass is 227 g/mol. The van der Waals surface area contributed by atoms with Crippen LogP contribution in [0.1, 0.15) is 32.4 Å². The van der Waals surface area contributed by atoms with Crippen molar-refractivity contribution in [2.45, 2.75) is 26.8 Å². The molecule has 0 saturated carbocycles. The summed E-state index contributed by atoms with van der Waals surface area (Å²) < 4.78 is 2.11. The van der Waals surface area contributed by atoms with Gasteiger partial charge in [-0.15, -0.1) is 0 Å². The number of allylic oxidation sites excluding steroid dienone is 2. The Morgan fingerprint density at radius 2 is 2.24 bits per heavy atom. The number of hydrogen-bond donors (Lipinski definition) is 1. The fraction of sp³-hybridized carbons (Fsp3) is 0.286. The van der Waals surface area contributed by atoms with Gasteiger partial charge in [-0.2, -0.15) is 0 Å². The van der Waals surface area contributed by atoms with Crippen LogP contribution in [0, 0.1) is 5.41 Å². The van der Waals surface area contributed by atoms with Gasteiger partial charge in [0.1, 0.15) is 5.65 Å². The van der Waals surface area contributed by atoms with Crippen LogP contribution in [-0.2, 0) is 0 Å². The Morgan fingerprint density at radius 3 is 2.88 bits per heavy atom. The zero-order chi connectivity index (χ0) is 12.4. The molecule has 3 nitrogen and oxygen atoms in total. The standard InChI is InChI=1S/C14H17N3/c1-4-6-13(15)12-9-17(10(2)3)14-11(12)7-5-8-16-14/h4-10,15H,1-3H3/b6-4-,15-13?. The predicted octanol–water partition coefficient (Wildman–Crippen LogP) is 3.56. The van der Waals surface area contributed by atoms with Gasteiger partial charge in [-0.25, -0.2) is 4.98 Å². The maximum absolute atomic E-state index is 8.04. The van der Waals surface area contributed by atoms with Crippen molar-refractivity contribution in [3.05, 3.63) is 42.2 Å². The molecule has 0 atom stereocenters. The van der Waals surface area contributed by atoms with E-state index in [1.165, 1.54) is 0 Å². The van der Waals surface area contributed by atoms with Crippen LogP contribution >= 0.6 is 0 Å². The molecule has 88 valence electrons. The van der Waals surface area contributed by atoms with Crippen molar-refractivity contribution in [3.8, 4) is 0 Å². The summed E-state index contributed by atoms with van der Waals surface area (Å²) in [6.07, 6.45) is 7.51. The maximum atomic E-state index is 8.04. The molecule has 1 N–H and O–H groups in total. The molecule has 2 rings (SSSR count). The van der Waals surface area contributed by atoms with E-state index in [1.807, 2.05) is 37.4 Å². The molecule has 0 fully saturated rings. The average Bonchev–Trinajstić information content (AvgIpc) is 2.69. The molecule has 0 unspecified atom stereocenters. The van der Waals surface area contributed by atoms with Crippen LogP contribution in [0.15, 0.2) is 36.7 Å². The lowest BCUT2D eigenvalue weighted by Gasteiger charge is -2.07. The van der Waals surface area contributed by atoms with Gasteiger partial charge in [-0.05, 0) is 39.0 Å². The number of rotatable bonds is 3. The van der Waals surface area contributed by atoms with Crippen LogP contribution in [-0.4, -0.2) is 15.3 Å². The van der Waals surface area contributed by atoms with Gasteiger partial charge in [0.25, 0.3) is 0 Å². The third-order valence-electron chi connectivity index (χ3n) is 2.77. The molecule has 0 aliphatic carbocycles. The van der Waals surface area contributed by atoms with Crippen molar-refractivity contribution >= 4 is 16.7 Å². The SMILES string of the molecule is C/C=C\C(=N)c1cn(C(C)C)c2ncccc12. The molecule has 17 heavy (non-hydrogen) atoms. The number of nitrogens with one attached hydrogen (secondary N) is 1. The van der Waals surface area contributed by atoms with E-state index in [9.17, 15) is 0 Å². The third kappa shape index (κ3) is 2.00. The van der Waals surface area contributed by atoms with Crippen molar-refractivity contribution in [2.24, 2.45) is 0 Å². The van der Waals surface area contributed by atoms with E-state index in [-0.39, 0.29) is 0 Å². The molecule has 0 amide bonds. The highest BCUT2D eigenvalue weighted by atomic mass is 15.0. The number of pyridine rings is 1. The van der Waals surface area contributed by atoms with E-state index >= 15 is 0 Å². The van der Waals surface area contributed by atoms with Gasteiger partial charge in [0, 0.05) is 29.4 Å². The predicted molar refractivity (Wildman–Crippen MR) is 71.8 cm³/mol. The van der Waals surface area contributed by atoms with E-state index < -0.39 is 0 Å². The highest BCUT2D eigenvalue weighted by Gasteiger charge is 2.12. The van der Waals surface area contributed by atoms with Gasteiger partial charge in [0.15, 0.2) is 0 Å². The summed E-state index contributed by atoms with van der Waals surface area (Å²) in [7, 11) is 0.